The molecule has 0 atom stereocenters. The maximum Gasteiger partial charge on any atom is 0.346 e. The van der Waals surface area contributed by atoms with Crippen molar-refractivity contribution in [3.05, 3.63) is 60.9 Å². The molecular weight excluding hydrogens is 250 g/mol. The highest BCUT2D eigenvalue weighted by Gasteiger charge is 2.04. The van der Waals surface area contributed by atoms with Crippen LogP contribution < -0.4 is 5.32 Å². The van der Waals surface area contributed by atoms with Crippen LogP contribution in [0.3, 0.4) is 0 Å². The third kappa shape index (κ3) is 3.03. The van der Waals surface area contributed by atoms with E-state index < -0.39 is 0 Å². The molecule has 2 aromatic carbocycles. The van der Waals surface area contributed by atoms with E-state index in [1.807, 2.05) is 56.3 Å². The number of anilines is 1. The standard InChI is InChI=1S/C14H11N3O.C2H6.H2/c18-14(17-9-3-8-15-17)16-13-7-6-11-4-1-2-5-12(11)10-13;1-2;/h1-10H,(H,16,18);1-2H3;1H. The number of benzene rings is 2. The number of carbonyl (C=O) groups is 1. The molecule has 3 aromatic rings. The molecule has 0 saturated carbocycles. The van der Waals surface area contributed by atoms with Gasteiger partial charge >= 0.3 is 6.03 Å². The third-order valence-electron chi connectivity index (χ3n) is 2.71. The van der Waals surface area contributed by atoms with Gasteiger partial charge < -0.3 is 5.32 Å². The van der Waals surface area contributed by atoms with E-state index in [1.54, 1.807) is 18.5 Å². The Morgan fingerprint density at radius 3 is 2.55 bits per heavy atom. The molecule has 0 bridgehead atoms. The normalized spacial score (nSPS) is 9.70. The Labute approximate surface area is 119 Å². The molecule has 0 radical (unpaired) electrons. The minimum absolute atomic E-state index is 0. The second-order valence-corrected chi connectivity index (χ2v) is 3.94. The van der Waals surface area contributed by atoms with Gasteiger partial charge in [-0.3, -0.25) is 0 Å². The van der Waals surface area contributed by atoms with Gasteiger partial charge in [-0.2, -0.15) is 9.78 Å². The van der Waals surface area contributed by atoms with E-state index in [-0.39, 0.29) is 7.46 Å². The summed E-state index contributed by atoms with van der Waals surface area (Å²) in [4.78, 5) is 11.8. The number of nitrogens with zero attached hydrogens (tertiary/aromatic N) is 2. The molecule has 20 heavy (non-hydrogen) atoms. The second kappa shape index (κ2) is 6.52. The summed E-state index contributed by atoms with van der Waals surface area (Å²) in [5, 5.41) is 8.92. The largest absolute Gasteiger partial charge is 0.346 e. The predicted octanol–water partition coefficient (Wildman–Crippen LogP) is 4.39. The summed E-state index contributed by atoms with van der Waals surface area (Å²) in [7, 11) is 0. The molecule has 4 nitrogen and oxygen atoms in total. The summed E-state index contributed by atoms with van der Waals surface area (Å²) in [6.45, 7) is 4.00. The Bertz CT molecular complexity index is 696. The van der Waals surface area contributed by atoms with Crippen molar-refractivity contribution < 1.29 is 6.22 Å². The first-order valence-corrected chi connectivity index (χ1v) is 6.63. The molecule has 0 saturated heterocycles. The van der Waals surface area contributed by atoms with Gasteiger partial charge in [0.05, 0.1) is 0 Å². The van der Waals surface area contributed by atoms with E-state index in [4.69, 9.17) is 0 Å². The van der Waals surface area contributed by atoms with Gasteiger partial charge in [0.15, 0.2) is 0 Å². The monoisotopic (exact) mass is 269 g/mol. The van der Waals surface area contributed by atoms with E-state index in [2.05, 4.69) is 10.4 Å². The second-order valence-electron chi connectivity index (χ2n) is 3.94. The number of carbonyl (C=O) groups excluding carboxylic acids is 1. The summed E-state index contributed by atoms with van der Waals surface area (Å²) in [5.74, 6) is 0. The maximum atomic E-state index is 11.8. The highest BCUT2D eigenvalue weighted by Crippen LogP contribution is 2.18. The average Bonchev–Trinajstić information content (AvgIpc) is 3.03. The number of amides is 1. The van der Waals surface area contributed by atoms with E-state index in [0.717, 1.165) is 16.5 Å². The van der Waals surface area contributed by atoms with Crippen LogP contribution in [0.5, 0.6) is 0 Å². The molecule has 1 heterocycles. The first-order valence-electron chi connectivity index (χ1n) is 6.63. The van der Waals surface area contributed by atoms with Crippen LogP contribution in [0.4, 0.5) is 10.5 Å². The predicted molar refractivity (Wildman–Crippen MR) is 84.1 cm³/mol. The van der Waals surface area contributed by atoms with Crippen LogP contribution in [-0.4, -0.2) is 15.8 Å². The molecule has 1 N–H and O–H groups in total. The highest BCUT2D eigenvalue weighted by atomic mass is 16.2. The summed E-state index contributed by atoms with van der Waals surface area (Å²) in [6.07, 6.45) is 3.18. The summed E-state index contributed by atoms with van der Waals surface area (Å²) < 4.78 is 1.26. The van der Waals surface area contributed by atoms with Gasteiger partial charge in [0.1, 0.15) is 0 Å². The molecule has 4 heteroatoms. The molecule has 0 fully saturated rings. The van der Waals surface area contributed by atoms with E-state index >= 15 is 0 Å². The number of aromatic nitrogens is 2. The van der Waals surface area contributed by atoms with Gasteiger partial charge in [0.25, 0.3) is 0 Å². The van der Waals surface area contributed by atoms with Crippen molar-refractivity contribution >= 4 is 22.5 Å². The first kappa shape index (κ1) is 13.8. The summed E-state index contributed by atoms with van der Waals surface area (Å²) >= 11 is 0. The van der Waals surface area contributed by atoms with Gasteiger partial charge in [-0.25, -0.2) is 4.79 Å². The fraction of sp³-hybridized carbons (Fsp3) is 0.125. The summed E-state index contributed by atoms with van der Waals surface area (Å²) in [5.41, 5.74) is 0.759. The molecule has 0 unspecified atom stereocenters. The van der Waals surface area contributed by atoms with Crippen LogP contribution in [0.15, 0.2) is 60.9 Å². The van der Waals surface area contributed by atoms with E-state index in [9.17, 15) is 4.79 Å². The van der Waals surface area contributed by atoms with Crippen LogP contribution in [0.25, 0.3) is 10.8 Å². The maximum absolute atomic E-state index is 11.8. The smallest absolute Gasteiger partial charge is 0.306 e. The van der Waals surface area contributed by atoms with Crippen molar-refractivity contribution in [1.82, 2.24) is 9.78 Å². The molecular formula is C16H19N3O. The lowest BCUT2D eigenvalue weighted by Gasteiger charge is -2.06. The van der Waals surface area contributed by atoms with Crippen LogP contribution in [0, 0.1) is 0 Å². The lowest BCUT2D eigenvalue weighted by molar-refractivity contribution is 0.251. The van der Waals surface area contributed by atoms with Gasteiger partial charge in [-0.1, -0.05) is 44.2 Å². The van der Waals surface area contributed by atoms with Crippen molar-refractivity contribution in [2.75, 3.05) is 5.32 Å². The lowest BCUT2D eigenvalue weighted by Crippen LogP contribution is -2.19. The molecule has 1 amide bonds. The zero-order valence-corrected chi connectivity index (χ0v) is 11.6. The minimum atomic E-state index is -0.268. The first-order chi connectivity index (χ1) is 9.83. The van der Waals surface area contributed by atoms with Crippen molar-refractivity contribution in [3.8, 4) is 0 Å². The lowest BCUT2D eigenvalue weighted by atomic mass is 10.1. The van der Waals surface area contributed by atoms with Crippen molar-refractivity contribution in [2.24, 2.45) is 0 Å². The number of rotatable bonds is 1. The number of fused-ring (bicyclic) bond motifs is 1. The van der Waals surface area contributed by atoms with Crippen LogP contribution in [0.1, 0.15) is 15.3 Å². The summed E-state index contributed by atoms with van der Waals surface area (Å²) in [6, 6.07) is 15.3. The van der Waals surface area contributed by atoms with Crippen LogP contribution in [-0.2, 0) is 0 Å². The Hall–Kier alpha value is -2.62. The molecule has 0 aliphatic carbocycles. The van der Waals surface area contributed by atoms with Gasteiger partial charge in [-0.05, 0) is 29.0 Å². The molecule has 3 rings (SSSR count). The van der Waals surface area contributed by atoms with E-state index in [0.29, 0.717) is 0 Å². The number of hydrogen-bond acceptors (Lipinski definition) is 2. The van der Waals surface area contributed by atoms with Crippen LogP contribution in [0.2, 0.25) is 0 Å². The van der Waals surface area contributed by atoms with Gasteiger partial charge in [0, 0.05) is 19.5 Å². The molecule has 104 valence electrons. The Kier molecular flexibility index (Phi) is 4.50. The van der Waals surface area contributed by atoms with Crippen molar-refractivity contribution in [1.29, 1.82) is 0 Å². The zero-order chi connectivity index (χ0) is 14.4. The third-order valence-corrected chi connectivity index (χ3v) is 2.71. The molecule has 0 aliphatic rings. The number of hydrogen-bond donors (Lipinski definition) is 1. The van der Waals surface area contributed by atoms with Gasteiger partial charge in [0.2, 0.25) is 0 Å². The van der Waals surface area contributed by atoms with Gasteiger partial charge in [-0.15, -0.1) is 0 Å². The fourth-order valence-corrected chi connectivity index (χ4v) is 1.84. The fourth-order valence-electron chi connectivity index (χ4n) is 1.84. The molecule has 1 aromatic heterocycles. The molecule has 0 spiro atoms. The van der Waals surface area contributed by atoms with Crippen molar-refractivity contribution in [3.63, 3.8) is 0 Å². The Balaban J connectivity index is 0.000000706. The quantitative estimate of drug-likeness (QED) is 0.712. The number of nitrogens with one attached hydrogen (secondary N) is 1. The minimum Gasteiger partial charge on any atom is -0.306 e. The van der Waals surface area contributed by atoms with Crippen LogP contribution >= 0.6 is 0 Å². The SMILES string of the molecule is CC.O=C(Nc1ccc2ccccc2c1)n1cccn1.[HH]. The van der Waals surface area contributed by atoms with E-state index in [1.165, 1.54) is 4.68 Å². The topological polar surface area (TPSA) is 46.9 Å². The van der Waals surface area contributed by atoms with Crippen molar-refractivity contribution in [2.45, 2.75) is 13.8 Å². The average molecular weight is 269 g/mol. The Morgan fingerprint density at radius 2 is 1.85 bits per heavy atom. The molecule has 0 aliphatic heterocycles. The highest BCUT2D eigenvalue weighted by molar-refractivity contribution is 5.94. The zero-order valence-electron chi connectivity index (χ0n) is 11.6. The Morgan fingerprint density at radius 1 is 1.10 bits per heavy atom.